The molecule has 3 rings (SSSR count). The molecule has 0 radical (unpaired) electrons. The zero-order valence-corrected chi connectivity index (χ0v) is 20.9. The third-order valence-corrected chi connectivity index (χ3v) is 6.53. The summed E-state index contributed by atoms with van der Waals surface area (Å²) in [5.41, 5.74) is 2.15. The summed E-state index contributed by atoms with van der Waals surface area (Å²) in [6.45, 7) is 10.7. The molecule has 3 aromatic rings. The number of aromatic nitrogens is 3. The van der Waals surface area contributed by atoms with Crippen molar-refractivity contribution < 1.29 is 17.9 Å². The normalized spacial score (nSPS) is 12.3. The Kier molecular flexibility index (Phi) is 7.79. The summed E-state index contributed by atoms with van der Waals surface area (Å²) < 4.78 is 41.8. The summed E-state index contributed by atoms with van der Waals surface area (Å²) in [4.78, 5) is 0.150. The Bertz CT molecular complexity index is 1180. The van der Waals surface area contributed by atoms with Gasteiger partial charge >= 0.3 is 0 Å². The van der Waals surface area contributed by atoms with Gasteiger partial charge in [0.2, 0.25) is 6.29 Å². The lowest BCUT2D eigenvalue weighted by Crippen LogP contribution is -2.18. The minimum absolute atomic E-state index is 0.0831. The summed E-state index contributed by atoms with van der Waals surface area (Å²) >= 11 is 6.24. The molecule has 0 aliphatic rings. The number of benzene rings is 2. The maximum atomic E-state index is 13.2. The lowest BCUT2D eigenvalue weighted by molar-refractivity contribution is -0.143. The topological polar surface area (TPSA) is 95.3 Å². The van der Waals surface area contributed by atoms with Gasteiger partial charge in [-0.1, -0.05) is 49.7 Å². The lowest BCUT2D eigenvalue weighted by atomic mass is 9.87. The van der Waals surface area contributed by atoms with Gasteiger partial charge in [-0.2, -0.15) is 0 Å². The van der Waals surface area contributed by atoms with Crippen LogP contribution in [0.15, 0.2) is 53.6 Å². The second-order valence-electron chi connectivity index (χ2n) is 8.35. The van der Waals surface area contributed by atoms with Crippen molar-refractivity contribution in [1.29, 1.82) is 0 Å². The van der Waals surface area contributed by atoms with Gasteiger partial charge in [-0.25, -0.2) is 13.1 Å². The van der Waals surface area contributed by atoms with E-state index in [1.807, 2.05) is 26.0 Å². The van der Waals surface area contributed by atoms with Crippen LogP contribution in [0.25, 0.3) is 5.69 Å². The highest BCUT2D eigenvalue weighted by molar-refractivity contribution is 7.92. The fourth-order valence-corrected chi connectivity index (χ4v) is 4.46. The number of nitrogens with zero attached hydrogens (tertiary/aromatic N) is 3. The van der Waals surface area contributed by atoms with Gasteiger partial charge in [0.25, 0.3) is 10.0 Å². The van der Waals surface area contributed by atoms with Gasteiger partial charge in [-0.3, -0.25) is 4.72 Å². The fourth-order valence-electron chi connectivity index (χ4n) is 3.22. The van der Waals surface area contributed by atoms with Crippen molar-refractivity contribution in [3.8, 4) is 5.69 Å². The predicted molar refractivity (Wildman–Crippen MR) is 128 cm³/mol. The van der Waals surface area contributed by atoms with Crippen LogP contribution in [0, 0.1) is 0 Å². The van der Waals surface area contributed by atoms with Crippen molar-refractivity contribution in [2.75, 3.05) is 17.9 Å². The molecule has 0 saturated carbocycles. The number of hydrogen-bond acceptors (Lipinski definition) is 6. The van der Waals surface area contributed by atoms with E-state index < -0.39 is 16.3 Å². The Morgan fingerprint density at radius 3 is 2.27 bits per heavy atom. The van der Waals surface area contributed by atoms with E-state index in [1.54, 1.807) is 30.3 Å². The molecule has 0 saturated heterocycles. The first kappa shape index (κ1) is 25.2. The van der Waals surface area contributed by atoms with Crippen molar-refractivity contribution in [1.82, 2.24) is 15.0 Å². The molecule has 0 bridgehead atoms. The molecule has 0 fully saturated rings. The van der Waals surface area contributed by atoms with Crippen LogP contribution in [-0.4, -0.2) is 36.6 Å². The Labute approximate surface area is 199 Å². The monoisotopic (exact) mass is 492 g/mol. The van der Waals surface area contributed by atoms with Crippen LogP contribution in [0.4, 0.5) is 5.69 Å². The molecule has 2 aromatic carbocycles. The van der Waals surface area contributed by atoms with Gasteiger partial charge in [0, 0.05) is 18.2 Å². The molecular weight excluding hydrogens is 464 g/mol. The molecule has 0 aliphatic carbocycles. The number of sulfonamides is 1. The van der Waals surface area contributed by atoms with Crippen LogP contribution in [0.1, 0.15) is 52.2 Å². The Morgan fingerprint density at radius 1 is 1.06 bits per heavy atom. The number of rotatable bonds is 9. The molecule has 1 aromatic heterocycles. The van der Waals surface area contributed by atoms with E-state index >= 15 is 0 Å². The number of ether oxygens (including phenoxy) is 2. The van der Waals surface area contributed by atoms with Gasteiger partial charge in [0.15, 0.2) is 0 Å². The summed E-state index contributed by atoms with van der Waals surface area (Å²) in [6.07, 6.45) is 0.795. The SMILES string of the molecule is CCOC(OCC)c1cnnn1-c1cc(Cl)ccc1NS(=O)(=O)c1ccc(C(C)(C)C)cc1. The molecule has 0 amide bonds. The molecule has 0 unspecified atom stereocenters. The summed E-state index contributed by atoms with van der Waals surface area (Å²) in [6, 6.07) is 11.6. The minimum Gasteiger partial charge on any atom is -0.347 e. The van der Waals surface area contributed by atoms with Crippen molar-refractivity contribution in [3.63, 3.8) is 0 Å². The van der Waals surface area contributed by atoms with Crippen molar-refractivity contribution in [2.24, 2.45) is 0 Å². The van der Waals surface area contributed by atoms with Gasteiger partial charge in [-0.15, -0.1) is 5.10 Å². The average Bonchev–Trinajstić information content (AvgIpc) is 3.24. The van der Waals surface area contributed by atoms with Crippen LogP contribution in [-0.2, 0) is 24.9 Å². The second kappa shape index (κ2) is 10.2. The fraction of sp³-hybridized carbons (Fsp3) is 0.391. The molecule has 0 spiro atoms. The number of hydrogen-bond donors (Lipinski definition) is 1. The maximum Gasteiger partial charge on any atom is 0.261 e. The molecule has 178 valence electrons. The number of anilines is 1. The largest absolute Gasteiger partial charge is 0.347 e. The Morgan fingerprint density at radius 2 is 1.70 bits per heavy atom. The predicted octanol–water partition coefficient (Wildman–Crippen LogP) is 5.09. The number of nitrogens with one attached hydrogen (secondary N) is 1. The molecular formula is C23H29ClN4O4S. The first-order valence-electron chi connectivity index (χ1n) is 10.6. The van der Waals surface area contributed by atoms with Crippen molar-refractivity contribution in [2.45, 2.75) is 51.2 Å². The molecule has 8 nitrogen and oxygen atoms in total. The van der Waals surface area contributed by atoms with Crippen LogP contribution in [0.3, 0.4) is 0 Å². The molecule has 1 heterocycles. The van der Waals surface area contributed by atoms with E-state index in [1.165, 1.54) is 10.9 Å². The van der Waals surface area contributed by atoms with Crippen LogP contribution < -0.4 is 4.72 Å². The highest BCUT2D eigenvalue weighted by atomic mass is 35.5. The molecule has 0 atom stereocenters. The van der Waals surface area contributed by atoms with E-state index in [0.29, 0.717) is 29.6 Å². The van der Waals surface area contributed by atoms with E-state index in [9.17, 15) is 8.42 Å². The molecule has 1 N–H and O–H groups in total. The highest BCUT2D eigenvalue weighted by Gasteiger charge is 2.23. The summed E-state index contributed by atoms with van der Waals surface area (Å²) in [7, 11) is -3.87. The summed E-state index contributed by atoms with van der Waals surface area (Å²) in [5.74, 6) is 0. The maximum absolute atomic E-state index is 13.2. The standard InChI is InChI=1S/C23H29ClN4O4S/c1-6-31-22(32-7-2)21-15-25-27-28(21)20-14-17(24)10-13-19(20)26-33(29,30)18-11-8-16(9-12-18)23(3,4)5/h8-15,22,26H,6-7H2,1-5H3. The zero-order valence-electron chi connectivity index (χ0n) is 19.4. The van der Waals surface area contributed by atoms with Crippen LogP contribution >= 0.6 is 11.6 Å². The smallest absolute Gasteiger partial charge is 0.261 e. The van der Waals surface area contributed by atoms with E-state index in [4.69, 9.17) is 21.1 Å². The van der Waals surface area contributed by atoms with Gasteiger partial charge < -0.3 is 9.47 Å². The molecule has 33 heavy (non-hydrogen) atoms. The Hall–Kier alpha value is -2.46. The van der Waals surface area contributed by atoms with Crippen molar-refractivity contribution in [3.05, 3.63) is 64.9 Å². The molecule has 10 heteroatoms. The van der Waals surface area contributed by atoms with Gasteiger partial charge in [0.05, 0.1) is 22.5 Å². The Balaban J connectivity index is 2.00. The van der Waals surface area contributed by atoms with Crippen LogP contribution in [0.5, 0.6) is 0 Å². The van der Waals surface area contributed by atoms with E-state index in [-0.39, 0.29) is 16.0 Å². The third kappa shape index (κ3) is 5.92. The summed E-state index contributed by atoms with van der Waals surface area (Å²) in [5, 5.41) is 8.51. The van der Waals surface area contributed by atoms with Gasteiger partial charge in [0.1, 0.15) is 5.69 Å². The first-order valence-corrected chi connectivity index (χ1v) is 12.5. The van der Waals surface area contributed by atoms with Crippen molar-refractivity contribution >= 4 is 27.3 Å². The molecule has 0 aliphatic heterocycles. The zero-order chi connectivity index (χ0) is 24.2. The quantitative estimate of drug-likeness (QED) is 0.418. The third-order valence-electron chi connectivity index (χ3n) is 4.92. The average molecular weight is 493 g/mol. The second-order valence-corrected chi connectivity index (χ2v) is 10.5. The lowest BCUT2D eigenvalue weighted by Gasteiger charge is -2.20. The first-order chi connectivity index (χ1) is 15.6. The van der Waals surface area contributed by atoms with Crippen LogP contribution in [0.2, 0.25) is 5.02 Å². The minimum atomic E-state index is -3.87. The van der Waals surface area contributed by atoms with E-state index in [0.717, 1.165) is 5.56 Å². The number of halogens is 1. The van der Waals surface area contributed by atoms with E-state index in [2.05, 4.69) is 35.8 Å². The van der Waals surface area contributed by atoms with Gasteiger partial charge in [-0.05, 0) is 55.2 Å². The highest BCUT2D eigenvalue weighted by Crippen LogP contribution is 2.30.